The van der Waals surface area contributed by atoms with Crippen molar-refractivity contribution in [1.82, 2.24) is 15.2 Å². The second-order valence-corrected chi connectivity index (χ2v) is 8.41. The summed E-state index contributed by atoms with van der Waals surface area (Å²) in [5, 5.41) is 7.07. The molecule has 0 fully saturated rings. The number of pyridine rings is 1. The molecule has 0 saturated heterocycles. The molecule has 28 heavy (non-hydrogen) atoms. The lowest BCUT2D eigenvalue weighted by Crippen LogP contribution is -2.13. The molecule has 4 N–H and O–H groups in total. The maximum atomic E-state index is 12.6. The summed E-state index contributed by atoms with van der Waals surface area (Å²) in [7, 11) is -3.71. The van der Waals surface area contributed by atoms with Gasteiger partial charge >= 0.3 is 0 Å². The topological polar surface area (TPSA) is 114 Å². The zero-order valence-corrected chi connectivity index (χ0v) is 16.3. The zero-order chi connectivity index (χ0) is 19.9. The highest BCUT2D eigenvalue weighted by molar-refractivity contribution is 7.92. The van der Waals surface area contributed by atoms with E-state index in [1.54, 1.807) is 42.5 Å². The van der Waals surface area contributed by atoms with Crippen LogP contribution in [0.25, 0.3) is 22.3 Å². The van der Waals surface area contributed by atoms with E-state index in [-0.39, 0.29) is 4.90 Å². The molecule has 7 nitrogen and oxygen atoms in total. The minimum Gasteiger partial charge on any atom is -0.380 e. The van der Waals surface area contributed by atoms with Crippen LogP contribution in [0.15, 0.2) is 59.5 Å². The number of H-pyrrole nitrogens is 1. The summed E-state index contributed by atoms with van der Waals surface area (Å²) in [6.45, 7) is 1.83. The largest absolute Gasteiger partial charge is 0.380 e. The van der Waals surface area contributed by atoms with E-state index in [1.165, 1.54) is 0 Å². The van der Waals surface area contributed by atoms with E-state index in [2.05, 4.69) is 19.9 Å². The number of hydrogen-bond donors (Lipinski definition) is 3. The van der Waals surface area contributed by atoms with Gasteiger partial charge in [0.15, 0.2) is 5.82 Å². The molecule has 0 aliphatic rings. The van der Waals surface area contributed by atoms with E-state index >= 15 is 0 Å². The minimum absolute atomic E-state index is 0.190. The SMILES string of the molecule is Cc1cccc(S(=O)(=O)Nc2ccc(-c3ccc4[nH]nc(N)c4n3)c(Cl)c2)c1. The lowest BCUT2D eigenvalue weighted by molar-refractivity contribution is 0.601. The molecule has 0 aliphatic heterocycles. The first-order valence-electron chi connectivity index (χ1n) is 8.33. The van der Waals surface area contributed by atoms with Crippen LogP contribution in [0.3, 0.4) is 0 Å². The van der Waals surface area contributed by atoms with E-state index in [0.29, 0.717) is 33.3 Å². The molecule has 0 radical (unpaired) electrons. The van der Waals surface area contributed by atoms with E-state index in [4.69, 9.17) is 17.3 Å². The molecule has 9 heteroatoms. The number of rotatable bonds is 4. The van der Waals surface area contributed by atoms with Gasteiger partial charge in [-0.2, -0.15) is 5.10 Å². The summed E-state index contributed by atoms with van der Waals surface area (Å²) in [4.78, 5) is 4.68. The summed E-state index contributed by atoms with van der Waals surface area (Å²) in [5.74, 6) is 0.301. The molecule has 4 rings (SSSR count). The van der Waals surface area contributed by atoms with Crippen LogP contribution in [0, 0.1) is 6.92 Å². The average Bonchev–Trinajstić information content (AvgIpc) is 3.02. The van der Waals surface area contributed by atoms with Crippen LogP contribution in [-0.4, -0.2) is 23.6 Å². The monoisotopic (exact) mass is 413 g/mol. The van der Waals surface area contributed by atoms with Crippen LogP contribution in [0.2, 0.25) is 5.02 Å². The van der Waals surface area contributed by atoms with E-state index in [9.17, 15) is 8.42 Å². The predicted molar refractivity (Wildman–Crippen MR) is 111 cm³/mol. The summed E-state index contributed by atoms with van der Waals surface area (Å²) in [5.41, 5.74) is 9.56. The van der Waals surface area contributed by atoms with Gasteiger partial charge in [0, 0.05) is 5.56 Å². The molecule has 4 aromatic rings. The standard InChI is InChI=1S/C19H16ClN5O2S/c1-11-3-2-4-13(9-11)28(26,27)25-12-5-6-14(15(20)10-12)16-7-8-17-18(22-16)19(21)24-23-17/h2-10,25H,1H3,(H3,21,23,24). The van der Waals surface area contributed by atoms with E-state index in [0.717, 1.165) is 11.1 Å². The fraction of sp³-hybridized carbons (Fsp3) is 0.0526. The van der Waals surface area contributed by atoms with Crippen LogP contribution >= 0.6 is 11.6 Å². The maximum Gasteiger partial charge on any atom is 0.261 e. The highest BCUT2D eigenvalue weighted by Crippen LogP contribution is 2.31. The van der Waals surface area contributed by atoms with Gasteiger partial charge in [-0.15, -0.1) is 0 Å². The maximum absolute atomic E-state index is 12.6. The van der Waals surface area contributed by atoms with Gasteiger partial charge in [-0.3, -0.25) is 9.82 Å². The number of aromatic amines is 1. The molecule has 0 atom stereocenters. The number of nitrogens with two attached hydrogens (primary N) is 1. The van der Waals surface area contributed by atoms with Crippen molar-refractivity contribution in [1.29, 1.82) is 0 Å². The number of sulfonamides is 1. The van der Waals surface area contributed by atoms with Crippen molar-refractivity contribution in [3.8, 4) is 11.3 Å². The summed E-state index contributed by atoms with van der Waals surface area (Å²) < 4.78 is 27.7. The molecule has 0 bridgehead atoms. The average molecular weight is 414 g/mol. The first-order valence-corrected chi connectivity index (χ1v) is 10.2. The van der Waals surface area contributed by atoms with Crippen molar-refractivity contribution in [3.63, 3.8) is 0 Å². The molecule has 0 spiro atoms. The third-order valence-corrected chi connectivity index (χ3v) is 5.92. The normalized spacial score (nSPS) is 11.6. The number of nitrogens with one attached hydrogen (secondary N) is 2. The number of benzene rings is 2. The summed E-state index contributed by atoms with van der Waals surface area (Å²) >= 11 is 6.40. The second-order valence-electron chi connectivity index (χ2n) is 6.32. The molecule has 2 aromatic carbocycles. The Morgan fingerprint density at radius 3 is 2.68 bits per heavy atom. The van der Waals surface area contributed by atoms with Gasteiger partial charge in [-0.05, 0) is 55.0 Å². The van der Waals surface area contributed by atoms with Crippen LogP contribution < -0.4 is 10.5 Å². The van der Waals surface area contributed by atoms with E-state index in [1.807, 2.05) is 19.1 Å². The van der Waals surface area contributed by atoms with Gasteiger partial charge in [0.25, 0.3) is 10.0 Å². The van der Waals surface area contributed by atoms with Crippen molar-refractivity contribution >= 4 is 44.2 Å². The molecular weight excluding hydrogens is 398 g/mol. The number of nitrogen functional groups attached to an aromatic ring is 1. The zero-order valence-electron chi connectivity index (χ0n) is 14.8. The quantitative estimate of drug-likeness (QED) is 0.468. The molecule has 0 saturated carbocycles. The Kier molecular flexibility index (Phi) is 4.44. The molecule has 0 aliphatic carbocycles. The Hall–Kier alpha value is -3.10. The Bertz CT molecular complexity index is 1300. The van der Waals surface area contributed by atoms with Gasteiger partial charge < -0.3 is 5.73 Å². The Labute approximate surface area is 166 Å². The minimum atomic E-state index is -3.71. The van der Waals surface area contributed by atoms with Crippen molar-refractivity contribution < 1.29 is 8.42 Å². The Morgan fingerprint density at radius 1 is 1.11 bits per heavy atom. The number of fused-ring (bicyclic) bond motifs is 1. The van der Waals surface area contributed by atoms with Gasteiger partial charge in [-0.25, -0.2) is 13.4 Å². The third kappa shape index (κ3) is 3.39. The first kappa shape index (κ1) is 18.3. The summed E-state index contributed by atoms with van der Waals surface area (Å²) in [6, 6.07) is 15.2. The van der Waals surface area contributed by atoms with Crippen molar-refractivity contribution in [2.45, 2.75) is 11.8 Å². The number of anilines is 2. The molecule has 2 aromatic heterocycles. The van der Waals surface area contributed by atoms with E-state index < -0.39 is 10.0 Å². The van der Waals surface area contributed by atoms with Gasteiger partial charge in [0.05, 0.1) is 26.8 Å². The van der Waals surface area contributed by atoms with Crippen molar-refractivity contribution in [3.05, 3.63) is 65.2 Å². The van der Waals surface area contributed by atoms with Crippen LogP contribution in [0.5, 0.6) is 0 Å². The smallest absolute Gasteiger partial charge is 0.261 e. The van der Waals surface area contributed by atoms with Gasteiger partial charge in [-0.1, -0.05) is 23.7 Å². The number of nitrogens with zero attached hydrogens (tertiary/aromatic N) is 2. The first-order chi connectivity index (χ1) is 13.3. The van der Waals surface area contributed by atoms with Crippen LogP contribution in [0.1, 0.15) is 5.56 Å². The second kappa shape index (κ2) is 6.81. The number of aromatic nitrogens is 3. The molecule has 142 valence electrons. The highest BCUT2D eigenvalue weighted by atomic mass is 35.5. The third-order valence-electron chi connectivity index (χ3n) is 4.23. The van der Waals surface area contributed by atoms with Crippen molar-refractivity contribution in [2.24, 2.45) is 0 Å². The van der Waals surface area contributed by atoms with Gasteiger partial charge in [0.1, 0.15) is 5.52 Å². The fourth-order valence-corrected chi connectivity index (χ4v) is 4.28. The lowest BCUT2D eigenvalue weighted by atomic mass is 10.1. The Morgan fingerprint density at radius 2 is 1.93 bits per heavy atom. The molecule has 0 amide bonds. The number of halogens is 1. The molecular formula is C19H16ClN5O2S. The summed E-state index contributed by atoms with van der Waals surface area (Å²) in [6.07, 6.45) is 0. The fourth-order valence-electron chi connectivity index (χ4n) is 2.85. The number of aryl methyl sites for hydroxylation is 1. The van der Waals surface area contributed by atoms with Crippen molar-refractivity contribution in [2.75, 3.05) is 10.5 Å². The predicted octanol–water partition coefficient (Wildman–Crippen LogP) is 3.97. The molecule has 2 heterocycles. The number of hydrogen-bond acceptors (Lipinski definition) is 5. The van der Waals surface area contributed by atoms with Gasteiger partial charge in [0.2, 0.25) is 0 Å². The molecule has 0 unspecified atom stereocenters. The van der Waals surface area contributed by atoms with Crippen LogP contribution in [-0.2, 0) is 10.0 Å². The lowest BCUT2D eigenvalue weighted by Gasteiger charge is -2.11. The van der Waals surface area contributed by atoms with Crippen LogP contribution in [0.4, 0.5) is 11.5 Å². The highest BCUT2D eigenvalue weighted by Gasteiger charge is 2.16. The Balaban J connectivity index is 1.66.